The highest BCUT2D eigenvalue weighted by Gasteiger charge is 2.34. The molecule has 0 aromatic carbocycles. The van der Waals surface area contributed by atoms with Gasteiger partial charge in [-0.1, -0.05) is 0 Å². The molecule has 1 aliphatic heterocycles. The van der Waals surface area contributed by atoms with Crippen LogP contribution < -0.4 is 11.1 Å². The van der Waals surface area contributed by atoms with Crippen LogP contribution in [0.15, 0.2) is 11.4 Å². The van der Waals surface area contributed by atoms with Crippen molar-refractivity contribution in [1.29, 1.82) is 0 Å². The predicted molar refractivity (Wildman–Crippen MR) is 76.9 cm³/mol. The van der Waals surface area contributed by atoms with E-state index >= 15 is 0 Å². The van der Waals surface area contributed by atoms with Crippen LogP contribution in [0.4, 0.5) is 0 Å². The first-order chi connectivity index (χ1) is 8.79. The Bertz CT molecular complexity index is 442. The molecular formula is C13H18N2OS2. The lowest BCUT2D eigenvalue weighted by Gasteiger charge is -2.24. The Morgan fingerprint density at radius 1 is 1.56 bits per heavy atom. The summed E-state index contributed by atoms with van der Waals surface area (Å²) in [5.41, 5.74) is 6.97. The van der Waals surface area contributed by atoms with E-state index in [1.807, 2.05) is 0 Å². The number of hydrogen-bond donors (Lipinski definition) is 2. The molecule has 0 bridgehead atoms. The lowest BCUT2D eigenvalue weighted by molar-refractivity contribution is -0.121. The summed E-state index contributed by atoms with van der Waals surface area (Å²) in [5, 5.41) is 5.22. The normalized spacial score (nSPS) is 24.4. The lowest BCUT2D eigenvalue weighted by Crippen LogP contribution is -2.43. The zero-order valence-electron chi connectivity index (χ0n) is 10.2. The summed E-state index contributed by atoms with van der Waals surface area (Å²) in [5.74, 6) is 1.82. The molecule has 1 fully saturated rings. The Kier molecular flexibility index (Phi) is 3.63. The summed E-state index contributed by atoms with van der Waals surface area (Å²) in [7, 11) is 0. The first kappa shape index (κ1) is 12.5. The van der Waals surface area contributed by atoms with Crippen molar-refractivity contribution in [1.82, 2.24) is 5.32 Å². The third-order valence-electron chi connectivity index (χ3n) is 3.69. The number of amides is 1. The minimum atomic E-state index is -0.0206. The molecule has 98 valence electrons. The van der Waals surface area contributed by atoms with E-state index in [0.717, 1.165) is 12.2 Å². The van der Waals surface area contributed by atoms with Gasteiger partial charge in [0.25, 0.3) is 0 Å². The molecule has 3 rings (SSSR count). The van der Waals surface area contributed by atoms with Crippen LogP contribution in [0.5, 0.6) is 0 Å². The van der Waals surface area contributed by atoms with Crippen LogP contribution in [0, 0.1) is 5.92 Å². The van der Waals surface area contributed by atoms with Crippen LogP contribution in [0.1, 0.15) is 28.5 Å². The van der Waals surface area contributed by atoms with Gasteiger partial charge in [0.2, 0.25) is 5.91 Å². The minimum absolute atomic E-state index is 0.0206. The lowest BCUT2D eigenvalue weighted by atomic mass is 10.1. The van der Waals surface area contributed by atoms with Crippen molar-refractivity contribution in [2.24, 2.45) is 11.7 Å². The van der Waals surface area contributed by atoms with E-state index in [-0.39, 0.29) is 17.2 Å². The van der Waals surface area contributed by atoms with Crippen LogP contribution in [0.2, 0.25) is 0 Å². The van der Waals surface area contributed by atoms with Crippen molar-refractivity contribution in [2.45, 2.75) is 30.6 Å². The number of thioether (sulfide) groups is 1. The summed E-state index contributed by atoms with van der Waals surface area (Å²) in [6.07, 6.45) is 3.53. The Labute approximate surface area is 116 Å². The SMILES string of the molecule is NCC(NC(=O)C1SCCc2sccc21)C1CC1. The number of nitrogens with two attached hydrogens (primary N) is 1. The standard InChI is InChI=1S/C13H18N2OS2/c14-7-10(8-1-2-8)15-13(16)12-9-3-5-17-11(9)4-6-18-12/h3,5,8,10,12H,1-2,4,6-7,14H2,(H,15,16). The van der Waals surface area contributed by atoms with Gasteiger partial charge >= 0.3 is 0 Å². The highest BCUT2D eigenvalue weighted by molar-refractivity contribution is 8.00. The molecule has 1 aromatic rings. The summed E-state index contributed by atoms with van der Waals surface area (Å²) in [6, 6.07) is 2.28. The van der Waals surface area contributed by atoms with Gasteiger partial charge in [-0.2, -0.15) is 0 Å². The molecule has 1 aliphatic carbocycles. The van der Waals surface area contributed by atoms with E-state index in [1.165, 1.54) is 23.3 Å². The Morgan fingerprint density at radius 3 is 3.11 bits per heavy atom. The molecule has 3 nitrogen and oxygen atoms in total. The van der Waals surface area contributed by atoms with Crippen LogP contribution in [-0.2, 0) is 11.2 Å². The van der Waals surface area contributed by atoms with Crippen molar-refractivity contribution in [3.8, 4) is 0 Å². The van der Waals surface area contributed by atoms with Crippen molar-refractivity contribution in [3.05, 3.63) is 21.9 Å². The van der Waals surface area contributed by atoms with Crippen LogP contribution in [-0.4, -0.2) is 24.2 Å². The van der Waals surface area contributed by atoms with Gasteiger partial charge in [0.15, 0.2) is 0 Å². The molecule has 18 heavy (non-hydrogen) atoms. The zero-order chi connectivity index (χ0) is 12.5. The van der Waals surface area contributed by atoms with Gasteiger partial charge in [-0.3, -0.25) is 4.79 Å². The molecule has 0 radical (unpaired) electrons. The number of fused-ring (bicyclic) bond motifs is 1. The van der Waals surface area contributed by atoms with Crippen molar-refractivity contribution < 1.29 is 4.79 Å². The fraction of sp³-hybridized carbons (Fsp3) is 0.615. The van der Waals surface area contributed by atoms with E-state index in [1.54, 1.807) is 23.1 Å². The molecule has 1 amide bonds. The van der Waals surface area contributed by atoms with Gasteiger partial charge in [0.1, 0.15) is 5.25 Å². The molecule has 2 unspecified atom stereocenters. The highest BCUT2D eigenvalue weighted by atomic mass is 32.2. The maximum atomic E-state index is 12.4. The predicted octanol–water partition coefficient (Wildman–Crippen LogP) is 1.93. The Morgan fingerprint density at radius 2 is 2.39 bits per heavy atom. The molecule has 1 aromatic heterocycles. The van der Waals surface area contributed by atoms with Crippen LogP contribution in [0.25, 0.3) is 0 Å². The molecule has 2 atom stereocenters. The van der Waals surface area contributed by atoms with Gasteiger partial charge in [-0.05, 0) is 47.9 Å². The zero-order valence-corrected chi connectivity index (χ0v) is 11.9. The van der Waals surface area contributed by atoms with Gasteiger partial charge in [0.05, 0.1) is 0 Å². The van der Waals surface area contributed by atoms with Crippen molar-refractivity contribution in [3.63, 3.8) is 0 Å². The fourth-order valence-electron chi connectivity index (χ4n) is 2.49. The summed E-state index contributed by atoms with van der Waals surface area (Å²) >= 11 is 3.53. The van der Waals surface area contributed by atoms with E-state index in [0.29, 0.717) is 12.5 Å². The van der Waals surface area contributed by atoms with Gasteiger partial charge < -0.3 is 11.1 Å². The average molecular weight is 282 g/mol. The molecule has 0 saturated heterocycles. The molecule has 0 spiro atoms. The topological polar surface area (TPSA) is 55.1 Å². The number of rotatable bonds is 4. The van der Waals surface area contributed by atoms with E-state index < -0.39 is 0 Å². The Balaban J connectivity index is 1.70. The molecule has 5 heteroatoms. The number of thiophene rings is 1. The fourth-order valence-corrected chi connectivity index (χ4v) is 4.79. The minimum Gasteiger partial charge on any atom is -0.351 e. The average Bonchev–Trinajstić information content (AvgIpc) is 3.11. The molecule has 1 saturated carbocycles. The number of hydrogen-bond acceptors (Lipinski definition) is 4. The van der Waals surface area contributed by atoms with Gasteiger partial charge in [-0.25, -0.2) is 0 Å². The van der Waals surface area contributed by atoms with E-state index in [4.69, 9.17) is 5.73 Å². The number of carbonyl (C=O) groups excluding carboxylic acids is 1. The number of nitrogens with one attached hydrogen (secondary N) is 1. The monoisotopic (exact) mass is 282 g/mol. The van der Waals surface area contributed by atoms with Crippen molar-refractivity contribution >= 4 is 29.0 Å². The summed E-state index contributed by atoms with van der Waals surface area (Å²) in [4.78, 5) is 13.8. The molecular weight excluding hydrogens is 264 g/mol. The number of aryl methyl sites for hydroxylation is 1. The molecule has 2 heterocycles. The van der Waals surface area contributed by atoms with Gasteiger partial charge in [0, 0.05) is 17.5 Å². The molecule has 2 aliphatic rings. The van der Waals surface area contributed by atoms with E-state index in [2.05, 4.69) is 16.8 Å². The maximum absolute atomic E-state index is 12.4. The summed E-state index contributed by atoms with van der Waals surface area (Å²) < 4.78 is 0. The maximum Gasteiger partial charge on any atom is 0.237 e. The summed E-state index contributed by atoms with van der Waals surface area (Å²) in [6.45, 7) is 0.560. The second-order valence-corrected chi connectivity index (χ2v) is 7.20. The third-order valence-corrected chi connectivity index (χ3v) is 5.92. The smallest absolute Gasteiger partial charge is 0.237 e. The highest BCUT2D eigenvalue weighted by Crippen LogP contribution is 2.40. The first-order valence-electron chi connectivity index (χ1n) is 6.48. The first-order valence-corrected chi connectivity index (χ1v) is 8.40. The molecule has 3 N–H and O–H groups in total. The van der Waals surface area contributed by atoms with Crippen LogP contribution >= 0.6 is 23.1 Å². The van der Waals surface area contributed by atoms with Crippen molar-refractivity contribution in [2.75, 3.05) is 12.3 Å². The Hall–Kier alpha value is -0.520. The number of carbonyl (C=O) groups is 1. The second-order valence-electron chi connectivity index (χ2n) is 4.99. The van der Waals surface area contributed by atoms with E-state index in [9.17, 15) is 4.79 Å². The van der Waals surface area contributed by atoms with Gasteiger partial charge in [-0.15, -0.1) is 23.1 Å². The second kappa shape index (κ2) is 5.23. The quantitative estimate of drug-likeness (QED) is 0.887. The van der Waals surface area contributed by atoms with Crippen LogP contribution in [0.3, 0.4) is 0 Å². The largest absolute Gasteiger partial charge is 0.351 e. The third kappa shape index (κ3) is 2.44.